The van der Waals surface area contributed by atoms with E-state index in [9.17, 15) is 4.79 Å². The normalized spacial score (nSPS) is 15.1. The Morgan fingerprint density at radius 3 is 2.68 bits per heavy atom. The van der Waals surface area contributed by atoms with E-state index >= 15 is 0 Å². The van der Waals surface area contributed by atoms with E-state index < -0.39 is 0 Å². The molecule has 34 heavy (non-hydrogen) atoms. The number of hydrogen-bond donors (Lipinski definition) is 0. The average Bonchev–Trinajstić information content (AvgIpc) is 3.51. The first-order chi connectivity index (χ1) is 16.6. The van der Waals surface area contributed by atoms with E-state index in [0.29, 0.717) is 16.7 Å². The van der Waals surface area contributed by atoms with E-state index in [1.165, 1.54) is 16.3 Å². The lowest BCUT2D eigenvalue weighted by Crippen LogP contribution is -2.25. The second-order valence-electron chi connectivity index (χ2n) is 8.57. The Kier molecular flexibility index (Phi) is 5.42. The predicted molar refractivity (Wildman–Crippen MR) is 142 cm³/mol. The van der Waals surface area contributed by atoms with Gasteiger partial charge in [-0.1, -0.05) is 78.0 Å². The number of hydrogen-bond acceptors (Lipinski definition) is 4. The molecule has 0 bridgehead atoms. The summed E-state index contributed by atoms with van der Waals surface area (Å²) in [4.78, 5) is 13.4. The summed E-state index contributed by atoms with van der Waals surface area (Å²) in [6.07, 6.45) is 0.608. The summed E-state index contributed by atoms with van der Waals surface area (Å²) in [6.45, 7) is 2.08. The summed E-state index contributed by atoms with van der Waals surface area (Å²) >= 11 is 5.39. The van der Waals surface area contributed by atoms with Crippen LogP contribution in [0, 0.1) is 0 Å². The molecule has 0 spiro atoms. The number of halogens is 1. The molecule has 3 heterocycles. The lowest BCUT2D eigenvalue weighted by atomic mass is 9.95. The molecule has 5 aromatic rings. The fourth-order valence-electron chi connectivity index (χ4n) is 4.70. The quantitative estimate of drug-likeness (QED) is 0.244. The van der Waals surface area contributed by atoms with Crippen molar-refractivity contribution in [2.45, 2.75) is 24.4 Å². The van der Waals surface area contributed by atoms with Crippen LogP contribution in [0.4, 0.5) is 0 Å². The minimum absolute atomic E-state index is 0.00860. The first-order valence-corrected chi connectivity index (χ1v) is 13.0. The molecule has 1 aliphatic rings. The van der Waals surface area contributed by atoms with Crippen LogP contribution in [0.3, 0.4) is 0 Å². The Morgan fingerprint density at radius 2 is 1.82 bits per heavy atom. The third kappa shape index (κ3) is 3.53. The third-order valence-electron chi connectivity index (χ3n) is 6.38. The molecule has 0 N–H and O–H groups in total. The molecular formula is C28H21BrN2O2S. The van der Waals surface area contributed by atoms with Gasteiger partial charge in [-0.2, -0.15) is 0 Å². The van der Waals surface area contributed by atoms with Crippen molar-refractivity contribution < 1.29 is 4.52 Å². The molecule has 4 nitrogen and oxygen atoms in total. The Hall–Kier alpha value is -3.09. The van der Waals surface area contributed by atoms with Crippen LogP contribution in [-0.2, 0) is 6.42 Å². The van der Waals surface area contributed by atoms with Gasteiger partial charge in [0.05, 0.1) is 15.1 Å². The maximum Gasteiger partial charge on any atom is 0.266 e. The fraction of sp³-hybridized carbons (Fsp3) is 0.143. The van der Waals surface area contributed by atoms with Crippen LogP contribution >= 0.6 is 27.7 Å². The molecule has 1 atom stereocenters. The molecule has 0 aliphatic carbocycles. The van der Waals surface area contributed by atoms with E-state index in [4.69, 9.17) is 4.52 Å². The molecule has 0 saturated heterocycles. The van der Waals surface area contributed by atoms with Gasteiger partial charge in [0.25, 0.3) is 5.56 Å². The highest BCUT2D eigenvalue weighted by Crippen LogP contribution is 2.44. The fourth-order valence-corrected chi connectivity index (χ4v) is 6.55. The zero-order valence-electron chi connectivity index (χ0n) is 18.5. The van der Waals surface area contributed by atoms with E-state index in [-0.39, 0.29) is 11.6 Å². The predicted octanol–water partition coefficient (Wildman–Crippen LogP) is 7.34. The van der Waals surface area contributed by atoms with Gasteiger partial charge in [-0.25, -0.2) is 0 Å². The van der Waals surface area contributed by atoms with E-state index in [0.717, 1.165) is 33.2 Å². The summed E-state index contributed by atoms with van der Waals surface area (Å²) in [7, 11) is 0. The highest BCUT2D eigenvalue weighted by molar-refractivity contribution is 9.10. The molecule has 2 aromatic heterocycles. The molecule has 6 heteroatoms. The minimum atomic E-state index is 0.00860. The Bertz CT molecular complexity index is 1580. The van der Waals surface area contributed by atoms with Crippen molar-refractivity contribution in [1.29, 1.82) is 0 Å². The van der Waals surface area contributed by atoms with Crippen LogP contribution < -0.4 is 5.56 Å². The summed E-state index contributed by atoms with van der Waals surface area (Å²) in [6, 6.07) is 26.8. The lowest BCUT2D eigenvalue weighted by molar-refractivity contribution is 0.432. The average molecular weight is 529 g/mol. The number of nitrogens with zero attached hydrogens (tertiary/aromatic N) is 2. The van der Waals surface area contributed by atoms with E-state index in [2.05, 4.69) is 64.4 Å². The molecule has 6 rings (SSSR count). The van der Waals surface area contributed by atoms with Crippen molar-refractivity contribution in [2.24, 2.45) is 0 Å². The number of rotatable bonds is 4. The zero-order chi connectivity index (χ0) is 23.2. The Balaban J connectivity index is 1.57. The van der Waals surface area contributed by atoms with Crippen molar-refractivity contribution in [2.75, 3.05) is 5.75 Å². The van der Waals surface area contributed by atoms with Gasteiger partial charge < -0.3 is 4.52 Å². The van der Waals surface area contributed by atoms with Crippen molar-refractivity contribution >= 4 is 38.5 Å². The lowest BCUT2D eigenvalue weighted by Gasteiger charge is -2.17. The Labute approximate surface area is 209 Å². The molecular weight excluding hydrogens is 508 g/mol. The second-order valence-corrected chi connectivity index (χ2v) is 10.4. The van der Waals surface area contributed by atoms with Gasteiger partial charge in [-0.3, -0.25) is 9.36 Å². The number of thioether (sulfide) groups is 1. The number of fused-ring (bicyclic) bond motifs is 2. The van der Waals surface area contributed by atoms with Crippen LogP contribution in [0.25, 0.3) is 33.4 Å². The smallest absolute Gasteiger partial charge is 0.266 e. The van der Waals surface area contributed by atoms with Crippen molar-refractivity contribution in [3.05, 3.63) is 105 Å². The van der Waals surface area contributed by atoms with E-state index in [1.54, 1.807) is 11.8 Å². The summed E-state index contributed by atoms with van der Waals surface area (Å²) in [5.74, 6) is 1.53. The monoisotopic (exact) mass is 528 g/mol. The minimum Gasteiger partial charge on any atom is -0.356 e. The molecule has 0 radical (unpaired) electrons. The standard InChI is InChI=1S/C28H21BrN2O2S/c1-17-16-34-28-25(24-15-23(30-33-24)19-9-3-2-4-10-19)22(26(29)27(32)31(17)28)14-20-12-7-11-18-8-5-6-13-21(18)20/h2-13,15,17H,14,16H2,1H3. The van der Waals surface area contributed by atoms with E-state index in [1.807, 2.05) is 47.0 Å². The number of aromatic nitrogens is 2. The third-order valence-corrected chi connectivity index (χ3v) is 8.52. The topological polar surface area (TPSA) is 48.0 Å². The van der Waals surface area contributed by atoms with Crippen molar-refractivity contribution in [3.8, 4) is 22.6 Å². The molecule has 0 saturated carbocycles. The second kappa shape index (κ2) is 8.60. The number of benzene rings is 3. The van der Waals surface area contributed by atoms with Gasteiger partial charge in [0.15, 0.2) is 5.76 Å². The maximum atomic E-state index is 13.4. The van der Waals surface area contributed by atoms with Gasteiger partial charge in [0.2, 0.25) is 0 Å². The zero-order valence-corrected chi connectivity index (χ0v) is 20.9. The summed E-state index contributed by atoms with van der Waals surface area (Å²) in [5, 5.41) is 7.69. The number of pyridine rings is 1. The van der Waals surface area contributed by atoms with Crippen LogP contribution in [-0.4, -0.2) is 15.5 Å². The van der Waals surface area contributed by atoms with Gasteiger partial charge in [0, 0.05) is 29.8 Å². The Morgan fingerprint density at radius 1 is 1.06 bits per heavy atom. The van der Waals surface area contributed by atoms with Gasteiger partial charge in [-0.15, -0.1) is 11.8 Å². The first kappa shape index (κ1) is 21.4. The van der Waals surface area contributed by atoms with Crippen molar-refractivity contribution in [3.63, 3.8) is 0 Å². The van der Waals surface area contributed by atoms with Gasteiger partial charge in [-0.05, 0) is 44.8 Å². The SMILES string of the molecule is CC1CSc2c(-c3cc(-c4ccccc4)no3)c(Cc3cccc4ccccc34)c(Br)c(=O)n21. The van der Waals surface area contributed by atoms with Crippen LogP contribution in [0.5, 0.6) is 0 Å². The largest absolute Gasteiger partial charge is 0.356 e. The molecule has 168 valence electrons. The van der Waals surface area contributed by atoms with Gasteiger partial charge in [0.1, 0.15) is 5.69 Å². The summed E-state index contributed by atoms with van der Waals surface area (Å²) in [5.41, 5.74) is 4.84. The maximum absolute atomic E-state index is 13.4. The highest BCUT2D eigenvalue weighted by Gasteiger charge is 2.31. The first-order valence-electron chi connectivity index (χ1n) is 11.2. The summed E-state index contributed by atoms with van der Waals surface area (Å²) < 4.78 is 8.41. The van der Waals surface area contributed by atoms with Crippen molar-refractivity contribution in [1.82, 2.24) is 9.72 Å². The molecule has 3 aromatic carbocycles. The molecule has 1 unspecified atom stereocenters. The molecule has 0 fully saturated rings. The molecule has 1 aliphatic heterocycles. The van der Waals surface area contributed by atoms with Crippen LogP contribution in [0.15, 0.2) is 97.7 Å². The van der Waals surface area contributed by atoms with Gasteiger partial charge >= 0.3 is 0 Å². The highest BCUT2D eigenvalue weighted by atomic mass is 79.9. The van der Waals surface area contributed by atoms with Crippen LogP contribution in [0.2, 0.25) is 0 Å². The molecule has 0 amide bonds. The van der Waals surface area contributed by atoms with Crippen LogP contribution in [0.1, 0.15) is 24.1 Å².